The van der Waals surface area contributed by atoms with E-state index < -0.39 is 0 Å². The van der Waals surface area contributed by atoms with E-state index in [-0.39, 0.29) is 5.91 Å². The van der Waals surface area contributed by atoms with Gasteiger partial charge in [-0.15, -0.1) is 0 Å². The summed E-state index contributed by atoms with van der Waals surface area (Å²) in [4.78, 5) is 11.5. The minimum absolute atomic E-state index is 0.0123. The largest absolute Gasteiger partial charge is 0.493 e. The van der Waals surface area contributed by atoms with E-state index in [1.807, 2.05) is 25.1 Å². The Morgan fingerprint density at radius 1 is 1.37 bits per heavy atom. The molecule has 0 bridgehead atoms. The van der Waals surface area contributed by atoms with Crippen molar-refractivity contribution in [3.63, 3.8) is 0 Å². The zero-order valence-electron chi connectivity index (χ0n) is 11.6. The van der Waals surface area contributed by atoms with Gasteiger partial charge in [-0.05, 0) is 37.6 Å². The molecule has 0 aliphatic heterocycles. The molecule has 19 heavy (non-hydrogen) atoms. The third kappa shape index (κ3) is 5.18. The maximum atomic E-state index is 11.5. The summed E-state index contributed by atoms with van der Waals surface area (Å²) in [6, 6.07) is 5.63. The number of rotatable bonds is 8. The average Bonchev–Trinajstić information content (AvgIpc) is 2.44. The number of carbonyl (C=O) groups is 1. The molecule has 0 spiro atoms. The number of hydrogen-bond acceptors (Lipinski definition) is 4. The molecular formula is C14H22N2O3. The molecule has 0 fully saturated rings. The van der Waals surface area contributed by atoms with Gasteiger partial charge >= 0.3 is 0 Å². The van der Waals surface area contributed by atoms with Gasteiger partial charge in [0, 0.05) is 13.0 Å². The molecule has 0 saturated carbocycles. The Balaban J connectivity index is 2.57. The first kappa shape index (κ1) is 15.3. The lowest BCUT2D eigenvalue weighted by Gasteiger charge is -2.11. The third-order valence-electron chi connectivity index (χ3n) is 2.63. The normalized spacial score (nSPS) is 10.1. The lowest BCUT2D eigenvalue weighted by atomic mass is 10.2. The Labute approximate surface area is 114 Å². The average molecular weight is 266 g/mol. The summed E-state index contributed by atoms with van der Waals surface area (Å²) >= 11 is 0. The Hall–Kier alpha value is -1.75. The van der Waals surface area contributed by atoms with Crippen LogP contribution >= 0.6 is 0 Å². The van der Waals surface area contributed by atoms with Crippen LogP contribution in [0.1, 0.15) is 25.3 Å². The van der Waals surface area contributed by atoms with Crippen LogP contribution in [-0.2, 0) is 11.3 Å². The number of benzene rings is 1. The van der Waals surface area contributed by atoms with Crippen molar-refractivity contribution in [2.24, 2.45) is 5.73 Å². The van der Waals surface area contributed by atoms with Crippen molar-refractivity contribution in [3.05, 3.63) is 23.8 Å². The zero-order valence-corrected chi connectivity index (χ0v) is 11.6. The number of amides is 1. The Morgan fingerprint density at radius 2 is 2.16 bits per heavy atom. The molecular weight excluding hydrogens is 244 g/mol. The van der Waals surface area contributed by atoms with E-state index in [2.05, 4.69) is 5.32 Å². The van der Waals surface area contributed by atoms with E-state index in [0.717, 1.165) is 5.56 Å². The summed E-state index contributed by atoms with van der Waals surface area (Å²) in [5.41, 5.74) is 6.33. The summed E-state index contributed by atoms with van der Waals surface area (Å²) in [6.07, 6.45) is 1.17. The highest BCUT2D eigenvalue weighted by Crippen LogP contribution is 2.27. The van der Waals surface area contributed by atoms with Crippen molar-refractivity contribution >= 4 is 5.91 Å². The van der Waals surface area contributed by atoms with Crippen LogP contribution in [-0.4, -0.2) is 26.2 Å². The van der Waals surface area contributed by atoms with Crippen LogP contribution in [0.3, 0.4) is 0 Å². The second-order valence-electron chi connectivity index (χ2n) is 4.09. The van der Waals surface area contributed by atoms with Gasteiger partial charge in [0.2, 0.25) is 5.91 Å². The van der Waals surface area contributed by atoms with Crippen molar-refractivity contribution in [2.45, 2.75) is 26.3 Å². The Bertz CT molecular complexity index is 408. The van der Waals surface area contributed by atoms with Crippen molar-refractivity contribution in [3.8, 4) is 11.5 Å². The molecule has 0 aliphatic rings. The fourth-order valence-electron chi connectivity index (χ4n) is 1.65. The monoisotopic (exact) mass is 266 g/mol. The van der Waals surface area contributed by atoms with Crippen molar-refractivity contribution < 1.29 is 14.3 Å². The quantitative estimate of drug-likeness (QED) is 0.747. The lowest BCUT2D eigenvalue weighted by molar-refractivity contribution is -0.121. The van der Waals surface area contributed by atoms with E-state index in [1.54, 1.807) is 7.11 Å². The molecule has 5 nitrogen and oxygen atoms in total. The molecule has 1 amide bonds. The van der Waals surface area contributed by atoms with Crippen LogP contribution in [0.15, 0.2) is 18.2 Å². The molecule has 106 valence electrons. The lowest BCUT2D eigenvalue weighted by Crippen LogP contribution is -2.23. The molecule has 3 N–H and O–H groups in total. The summed E-state index contributed by atoms with van der Waals surface area (Å²) in [7, 11) is 1.60. The fourth-order valence-corrected chi connectivity index (χ4v) is 1.65. The number of ether oxygens (including phenoxy) is 2. The van der Waals surface area contributed by atoms with Gasteiger partial charge in [0.15, 0.2) is 11.5 Å². The van der Waals surface area contributed by atoms with Crippen LogP contribution in [0.25, 0.3) is 0 Å². The molecule has 1 aromatic rings. The molecule has 1 aromatic carbocycles. The van der Waals surface area contributed by atoms with Gasteiger partial charge < -0.3 is 20.5 Å². The molecule has 0 aliphatic carbocycles. The van der Waals surface area contributed by atoms with Crippen molar-refractivity contribution in [2.75, 3.05) is 20.3 Å². The molecule has 0 radical (unpaired) electrons. The van der Waals surface area contributed by atoms with Gasteiger partial charge in [-0.25, -0.2) is 0 Å². The van der Waals surface area contributed by atoms with Gasteiger partial charge in [-0.2, -0.15) is 0 Å². The van der Waals surface area contributed by atoms with Gasteiger partial charge in [0.25, 0.3) is 0 Å². The first-order chi connectivity index (χ1) is 9.21. The molecule has 1 rings (SSSR count). The van der Waals surface area contributed by atoms with Crippen LogP contribution in [0.5, 0.6) is 11.5 Å². The predicted molar refractivity (Wildman–Crippen MR) is 74.3 cm³/mol. The van der Waals surface area contributed by atoms with Gasteiger partial charge in [0.05, 0.1) is 13.7 Å². The molecule has 0 heterocycles. The molecule has 0 unspecified atom stereocenters. The van der Waals surface area contributed by atoms with Gasteiger partial charge in [-0.1, -0.05) is 6.07 Å². The number of carbonyl (C=O) groups excluding carboxylic acids is 1. The van der Waals surface area contributed by atoms with Crippen LogP contribution in [0, 0.1) is 0 Å². The van der Waals surface area contributed by atoms with E-state index in [1.165, 1.54) is 0 Å². The van der Waals surface area contributed by atoms with E-state index >= 15 is 0 Å². The summed E-state index contributed by atoms with van der Waals surface area (Å²) in [5.74, 6) is 1.40. The highest BCUT2D eigenvalue weighted by Gasteiger charge is 2.06. The molecule has 0 atom stereocenters. The maximum Gasteiger partial charge on any atom is 0.220 e. The minimum Gasteiger partial charge on any atom is -0.493 e. The number of hydrogen-bond donors (Lipinski definition) is 2. The predicted octanol–water partition coefficient (Wildman–Crippen LogP) is 1.45. The second-order valence-corrected chi connectivity index (χ2v) is 4.09. The third-order valence-corrected chi connectivity index (χ3v) is 2.63. The smallest absolute Gasteiger partial charge is 0.220 e. The maximum absolute atomic E-state index is 11.5. The van der Waals surface area contributed by atoms with Gasteiger partial charge in [-0.3, -0.25) is 4.79 Å². The molecule has 0 aromatic heterocycles. The van der Waals surface area contributed by atoms with Crippen LogP contribution in [0.4, 0.5) is 0 Å². The Kier molecular flexibility index (Phi) is 6.74. The second kappa shape index (κ2) is 8.37. The number of nitrogens with two attached hydrogens (primary N) is 1. The van der Waals surface area contributed by atoms with E-state index in [0.29, 0.717) is 44.0 Å². The first-order valence-corrected chi connectivity index (χ1v) is 6.47. The van der Waals surface area contributed by atoms with Gasteiger partial charge in [0.1, 0.15) is 0 Å². The summed E-state index contributed by atoms with van der Waals surface area (Å²) in [6.45, 7) is 3.52. The SMILES string of the molecule is CCOc1ccc(CNC(=O)CCCN)cc1OC. The number of methoxy groups -OCH3 is 1. The van der Waals surface area contributed by atoms with Crippen molar-refractivity contribution in [1.82, 2.24) is 5.32 Å². The highest BCUT2D eigenvalue weighted by atomic mass is 16.5. The Morgan fingerprint density at radius 3 is 2.79 bits per heavy atom. The minimum atomic E-state index is 0.0123. The topological polar surface area (TPSA) is 73.6 Å². The standard InChI is InChI=1S/C14H22N2O3/c1-3-19-12-7-6-11(9-13(12)18-2)10-16-14(17)5-4-8-15/h6-7,9H,3-5,8,10,15H2,1-2H3,(H,16,17). The van der Waals surface area contributed by atoms with Crippen LogP contribution < -0.4 is 20.5 Å². The summed E-state index contributed by atoms with van der Waals surface area (Å²) in [5, 5.41) is 2.85. The first-order valence-electron chi connectivity index (χ1n) is 6.47. The van der Waals surface area contributed by atoms with Crippen molar-refractivity contribution in [1.29, 1.82) is 0 Å². The number of nitrogens with one attached hydrogen (secondary N) is 1. The fraction of sp³-hybridized carbons (Fsp3) is 0.500. The molecule has 5 heteroatoms. The summed E-state index contributed by atoms with van der Waals surface area (Å²) < 4.78 is 10.7. The van der Waals surface area contributed by atoms with Crippen LogP contribution in [0.2, 0.25) is 0 Å². The highest BCUT2D eigenvalue weighted by molar-refractivity contribution is 5.75. The molecule has 0 saturated heterocycles. The van der Waals surface area contributed by atoms with E-state index in [4.69, 9.17) is 15.2 Å². The van der Waals surface area contributed by atoms with E-state index in [9.17, 15) is 4.79 Å². The zero-order chi connectivity index (χ0) is 14.1.